The van der Waals surface area contributed by atoms with E-state index in [0.29, 0.717) is 24.7 Å². The van der Waals surface area contributed by atoms with E-state index in [1.54, 1.807) is 12.1 Å². The van der Waals surface area contributed by atoms with Gasteiger partial charge in [-0.3, -0.25) is 15.0 Å². The fourth-order valence-corrected chi connectivity index (χ4v) is 2.21. The summed E-state index contributed by atoms with van der Waals surface area (Å²) in [6.45, 7) is 6.65. The average molecular weight is 349 g/mol. The minimum atomic E-state index is -0.505. The van der Waals surface area contributed by atoms with Crippen LogP contribution in [0.3, 0.4) is 0 Å². The summed E-state index contributed by atoms with van der Waals surface area (Å²) < 4.78 is 10.8. The molecule has 0 saturated heterocycles. The van der Waals surface area contributed by atoms with Crippen molar-refractivity contribution in [1.82, 2.24) is 25.7 Å². The normalized spacial score (nSPS) is 11.1. The molecule has 9 heteroatoms. The minimum absolute atomic E-state index is 0.0436. The molecule has 0 fully saturated rings. The third-order valence-corrected chi connectivity index (χ3v) is 3.14. The fraction of sp³-hybridized carbons (Fsp3) is 0.500. The smallest absolute Gasteiger partial charge is 0.321 e. The van der Waals surface area contributed by atoms with E-state index < -0.39 is 11.9 Å². The first-order chi connectivity index (χ1) is 12.0. The number of hydrogen-bond acceptors (Lipinski definition) is 7. The number of urea groups is 1. The van der Waals surface area contributed by atoms with E-state index in [2.05, 4.69) is 20.8 Å². The topological polar surface area (TPSA) is 114 Å². The van der Waals surface area contributed by atoms with Crippen LogP contribution in [0.1, 0.15) is 33.1 Å². The maximum atomic E-state index is 12.0. The quantitative estimate of drug-likeness (QED) is 0.746. The molecule has 3 amide bonds. The van der Waals surface area contributed by atoms with Crippen molar-refractivity contribution in [2.45, 2.75) is 39.8 Å². The second-order valence-corrected chi connectivity index (χ2v) is 5.87. The van der Waals surface area contributed by atoms with E-state index in [1.807, 2.05) is 25.7 Å². The van der Waals surface area contributed by atoms with Crippen molar-refractivity contribution in [3.63, 3.8) is 0 Å². The monoisotopic (exact) mass is 349 g/mol. The van der Waals surface area contributed by atoms with Crippen LogP contribution < -0.4 is 10.6 Å². The molecule has 0 unspecified atom stereocenters. The Kier molecular flexibility index (Phi) is 6.70. The molecule has 2 rings (SSSR count). The number of carbonyl (C=O) groups is 2. The fourth-order valence-electron chi connectivity index (χ4n) is 2.21. The van der Waals surface area contributed by atoms with Gasteiger partial charge in [-0.05, 0) is 38.9 Å². The number of aromatic nitrogens is 2. The summed E-state index contributed by atoms with van der Waals surface area (Å²) in [5, 5.41) is 12.8. The van der Waals surface area contributed by atoms with Gasteiger partial charge in [0.05, 0.1) is 19.4 Å². The maximum absolute atomic E-state index is 12.0. The Hall–Kier alpha value is -2.68. The number of hydrogen-bond donors (Lipinski definition) is 2. The zero-order valence-electron chi connectivity index (χ0n) is 14.6. The molecule has 2 N–H and O–H groups in total. The summed E-state index contributed by atoms with van der Waals surface area (Å²) in [7, 11) is 0. The highest BCUT2D eigenvalue weighted by atomic mass is 16.4. The third-order valence-electron chi connectivity index (χ3n) is 3.14. The summed E-state index contributed by atoms with van der Waals surface area (Å²) in [6, 6.07) is 2.91. The van der Waals surface area contributed by atoms with Gasteiger partial charge in [0.15, 0.2) is 5.76 Å². The molecule has 9 nitrogen and oxygen atoms in total. The van der Waals surface area contributed by atoms with E-state index in [4.69, 9.17) is 8.83 Å². The van der Waals surface area contributed by atoms with Crippen LogP contribution in [0.4, 0.5) is 4.79 Å². The van der Waals surface area contributed by atoms with Gasteiger partial charge in [-0.25, -0.2) is 4.79 Å². The largest absolute Gasteiger partial charge is 0.459 e. The number of nitrogens with zero attached hydrogens (tertiary/aromatic N) is 3. The number of rotatable bonds is 8. The van der Waals surface area contributed by atoms with Crippen molar-refractivity contribution in [2.24, 2.45) is 0 Å². The first-order valence-electron chi connectivity index (χ1n) is 8.17. The van der Waals surface area contributed by atoms with Gasteiger partial charge in [-0.1, -0.05) is 6.92 Å². The van der Waals surface area contributed by atoms with Crippen molar-refractivity contribution in [3.05, 3.63) is 24.3 Å². The lowest BCUT2D eigenvalue weighted by Crippen LogP contribution is -2.46. The van der Waals surface area contributed by atoms with Crippen molar-refractivity contribution >= 4 is 11.9 Å². The Morgan fingerprint density at radius 3 is 2.76 bits per heavy atom. The van der Waals surface area contributed by atoms with Gasteiger partial charge >= 0.3 is 6.03 Å². The van der Waals surface area contributed by atoms with Crippen molar-refractivity contribution in [3.8, 4) is 11.7 Å². The van der Waals surface area contributed by atoms with Gasteiger partial charge < -0.3 is 14.2 Å². The third kappa shape index (κ3) is 6.03. The van der Waals surface area contributed by atoms with Crippen LogP contribution >= 0.6 is 0 Å². The molecule has 2 aromatic rings. The lowest BCUT2D eigenvalue weighted by Gasteiger charge is -2.19. The van der Waals surface area contributed by atoms with Gasteiger partial charge in [0.25, 0.3) is 5.89 Å². The molecule has 0 aliphatic heterocycles. The highest BCUT2D eigenvalue weighted by Crippen LogP contribution is 2.18. The highest BCUT2D eigenvalue weighted by molar-refractivity contribution is 5.95. The molecule has 25 heavy (non-hydrogen) atoms. The lowest BCUT2D eigenvalue weighted by molar-refractivity contribution is -0.121. The second kappa shape index (κ2) is 8.97. The van der Waals surface area contributed by atoms with Crippen molar-refractivity contribution in [2.75, 3.05) is 13.1 Å². The summed E-state index contributed by atoms with van der Waals surface area (Å²) in [5.74, 6) is 0.762. The maximum Gasteiger partial charge on any atom is 0.321 e. The van der Waals surface area contributed by atoms with Gasteiger partial charge in [0.2, 0.25) is 11.8 Å². The predicted octanol–water partition coefficient (Wildman–Crippen LogP) is 1.78. The van der Waals surface area contributed by atoms with Crippen LogP contribution in [0.15, 0.2) is 27.2 Å². The molecule has 0 atom stereocenters. The Bertz CT molecular complexity index is 681. The second-order valence-electron chi connectivity index (χ2n) is 5.87. The number of furan rings is 1. The molecule has 0 saturated carbocycles. The van der Waals surface area contributed by atoms with Crippen LogP contribution in [-0.4, -0.2) is 46.2 Å². The summed E-state index contributed by atoms with van der Waals surface area (Å²) in [4.78, 5) is 25.4. The number of amides is 3. The molecule has 0 aliphatic carbocycles. The van der Waals surface area contributed by atoms with E-state index in [1.165, 1.54) is 6.26 Å². The standard InChI is InChI=1S/C16H23N5O4/c1-4-7-21(9-13(22)18-16(23)17-11(2)3)10-14-19-20-15(25-14)12-6-5-8-24-12/h5-6,8,11H,4,7,9-10H2,1-3H3,(H2,17,18,22,23). The molecule has 0 spiro atoms. The van der Waals surface area contributed by atoms with E-state index in [9.17, 15) is 9.59 Å². The predicted molar refractivity (Wildman–Crippen MR) is 89.4 cm³/mol. The summed E-state index contributed by atoms with van der Waals surface area (Å²) in [6.07, 6.45) is 2.36. The lowest BCUT2D eigenvalue weighted by atomic mass is 10.3. The van der Waals surface area contributed by atoms with Crippen LogP contribution in [0.2, 0.25) is 0 Å². The zero-order valence-corrected chi connectivity index (χ0v) is 14.6. The van der Waals surface area contributed by atoms with Crippen LogP contribution in [0.25, 0.3) is 11.7 Å². The van der Waals surface area contributed by atoms with Crippen LogP contribution in [0.5, 0.6) is 0 Å². The zero-order chi connectivity index (χ0) is 18.2. The number of carbonyl (C=O) groups excluding carboxylic acids is 2. The van der Waals surface area contributed by atoms with Gasteiger partial charge in [-0.2, -0.15) is 0 Å². The Morgan fingerprint density at radius 1 is 1.32 bits per heavy atom. The SMILES string of the molecule is CCCN(CC(=O)NC(=O)NC(C)C)Cc1nnc(-c2ccco2)o1. The average Bonchev–Trinajstić information content (AvgIpc) is 3.16. The van der Waals surface area contributed by atoms with Crippen molar-refractivity contribution < 1.29 is 18.4 Å². The highest BCUT2D eigenvalue weighted by Gasteiger charge is 2.17. The Morgan fingerprint density at radius 2 is 2.12 bits per heavy atom. The first kappa shape index (κ1) is 18.7. The Balaban J connectivity index is 1.92. The van der Waals surface area contributed by atoms with Crippen LogP contribution in [0, 0.1) is 0 Å². The number of imide groups is 1. The van der Waals surface area contributed by atoms with E-state index in [0.717, 1.165) is 6.42 Å². The molecule has 136 valence electrons. The van der Waals surface area contributed by atoms with Crippen molar-refractivity contribution in [1.29, 1.82) is 0 Å². The Labute approximate surface area is 145 Å². The molecule has 0 aliphatic rings. The minimum Gasteiger partial charge on any atom is -0.459 e. The molecule has 0 radical (unpaired) electrons. The summed E-state index contributed by atoms with van der Waals surface area (Å²) >= 11 is 0. The molecular weight excluding hydrogens is 326 g/mol. The van der Waals surface area contributed by atoms with Gasteiger partial charge in [0, 0.05) is 6.04 Å². The molecule has 0 aromatic carbocycles. The van der Waals surface area contributed by atoms with Crippen LogP contribution in [-0.2, 0) is 11.3 Å². The van der Waals surface area contributed by atoms with E-state index >= 15 is 0 Å². The molecular formula is C16H23N5O4. The van der Waals surface area contributed by atoms with Gasteiger partial charge in [-0.15, -0.1) is 10.2 Å². The summed E-state index contributed by atoms with van der Waals surface area (Å²) in [5.41, 5.74) is 0. The molecule has 0 bridgehead atoms. The molecule has 2 heterocycles. The molecule has 2 aromatic heterocycles. The number of nitrogens with one attached hydrogen (secondary N) is 2. The first-order valence-corrected chi connectivity index (χ1v) is 8.17. The van der Waals surface area contributed by atoms with E-state index in [-0.39, 0.29) is 18.5 Å². The van der Waals surface area contributed by atoms with Gasteiger partial charge in [0.1, 0.15) is 0 Å².